The van der Waals surface area contributed by atoms with Crippen LogP contribution >= 0.6 is 0 Å². The molecule has 2 nitrogen and oxygen atoms in total. The number of benzene rings is 3. The third-order valence-electron chi connectivity index (χ3n) is 3.66. The van der Waals surface area contributed by atoms with Crippen molar-refractivity contribution in [2.24, 2.45) is 5.73 Å². The Kier molecular flexibility index (Phi) is 3.59. The first-order chi connectivity index (χ1) is 10.2. The summed E-state index contributed by atoms with van der Waals surface area (Å²) in [4.78, 5) is 0. The number of fused-ring (bicyclic) bond motifs is 1. The van der Waals surface area contributed by atoms with Crippen molar-refractivity contribution < 1.29 is 9.13 Å². The van der Waals surface area contributed by atoms with Crippen molar-refractivity contribution in [1.82, 2.24) is 0 Å². The molecule has 3 aromatic carbocycles. The number of halogens is 1. The molecule has 0 amide bonds. The van der Waals surface area contributed by atoms with Gasteiger partial charge in [0.05, 0.1) is 13.2 Å². The zero-order chi connectivity index (χ0) is 14.8. The molecule has 0 saturated carbocycles. The Morgan fingerprint density at radius 1 is 0.857 bits per heavy atom. The maximum atomic E-state index is 13.0. The minimum atomic E-state index is -0.267. The van der Waals surface area contributed by atoms with Gasteiger partial charge >= 0.3 is 0 Å². The van der Waals surface area contributed by atoms with Gasteiger partial charge in [-0.05, 0) is 52.2 Å². The van der Waals surface area contributed by atoms with Crippen LogP contribution in [-0.4, -0.2) is 7.11 Å². The molecule has 3 rings (SSSR count). The SMILES string of the molecule is COc1ccc2cc(C(N)c3ccc(F)cc3)ccc2c1. The van der Waals surface area contributed by atoms with E-state index in [4.69, 9.17) is 10.5 Å². The van der Waals surface area contributed by atoms with Gasteiger partial charge in [0.25, 0.3) is 0 Å². The van der Waals surface area contributed by atoms with E-state index >= 15 is 0 Å². The van der Waals surface area contributed by atoms with E-state index in [1.54, 1.807) is 19.2 Å². The molecule has 1 unspecified atom stereocenters. The molecule has 2 N–H and O–H groups in total. The molecule has 0 heterocycles. The van der Waals surface area contributed by atoms with Crippen molar-refractivity contribution in [1.29, 1.82) is 0 Å². The number of nitrogens with two attached hydrogens (primary N) is 1. The smallest absolute Gasteiger partial charge is 0.123 e. The van der Waals surface area contributed by atoms with Crippen molar-refractivity contribution in [3.05, 3.63) is 77.6 Å². The summed E-state index contributed by atoms with van der Waals surface area (Å²) in [7, 11) is 1.65. The summed E-state index contributed by atoms with van der Waals surface area (Å²) >= 11 is 0. The molecular formula is C18H16FNO. The van der Waals surface area contributed by atoms with E-state index in [-0.39, 0.29) is 11.9 Å². The Labute approximate surface area is 123 Å². The third-order valence-corrected chi connectivity index (χ3v) is 3.66. The highest BCUT2D eigenvalue weighted by atomic mass is 19.1. The second-order valence-corrected chi connectivity index (χ2v) is 5.00. The monoisotopic (exact) mass is 281 g/mol. The zero-order valence-electron chi connectivity index (χ0n) is 11.7. The van der Waals surface area contributed by atoms with Crippen molar-refractivity contribution in [2.75, 3.05) is 7.11 Å². The van der Waals surface area contributed by atoms with Gasteiger partial charge in [0, 0.05) is 0 Å². The maximum Gasteiger partial charge on any atom is 0.123 e. The van der Waals surface area contributed by atoms with Crippen LogP contribution in [-0.2, 0) is 0 Å². The molecule has 3 aromatic rings. The van der Waals surface area contributed by atoms with Crippen LogP contribution in [0.3, 0.4) is 0 Å². The lowest BCUT2D eigenvalue weighted by Crippen LogP contribution is -2.11. The molecule has 0 bridgehead atoms. The highest BCUT2D eigenvalue weighted by molar-refractivity contribution is 5.84. The molecule has 0 aromatic heterocycles. The predicted octanol–water partition coefficient (Wildman–Crippen LogP) is 4.04. The Morgan fingerprint density at radius 2 is 1.48 bits per heavy atom. The number of hydrogen-bond acceptors (Lipinski definition) is 2. The lowest BCUT2D eigenvalue weighted by Gasteiger charge is -2.13. The van der Waals surface area contributed by atoms with Crippen LogP contribution in [0.2, 0.25) is 0 Å². The molecule has 0 radical (unpaired) electrons. The van der Waals surface area contributed by atoms with Crippen molar-refractivity contribution in [2.45, 2.75) is 6.04 Å². The third kappa shape index (κ3) is 2.73. The topological polar surface area (TPSA) is 35.2 Å². The summed E-state index contributed by atoms with van der Waals surface area (Å²) in [5.41, 5.74) is 8.16. The lowest BCUT2D eigenvalue weighted by molar-refractivity contribution is 0.415. The predicted molar refractivity (Wildman–Crippen MR) is 82.9 cm³/mol. The summed E-state index contributed by atoms with van der Waals surface area (Å²) in [5.74, 6) is 0.578. The Balaban J connectivity index is 1.98. The second-order valence-electron chi connectivity index (χ2n) is 5.00. The number of rotatable bonds is 3. The number of methoxy groups -OCH3 is 1. The van der Waals surface area contributed by atoms with E-state index in [1.807, 2.05) is 30.3 Å². The second kappa shape index (κ2) is 5.54. The highest BCUT2D eigenvalue weighted by Crippen LogP contribution is 2.26. The van der Waals surface area contributed by atoms with Crippen LogP contribution < -0.4 is 10.5 Å². The Hall–Kier alpha value is -2.39. The van der Waals surface area contributed by atoms with Gasteiger partial charge in [0.2, 0.25) is 0 Å². The van der Waals surface area contributed by atoms with Crippen LogP contribution in [0.5, 0.6) is 5.75 Å². The normalized spacial score (nSPS) is 12.3. The minimum Gasteiger partial charge on any atom is -0.497 e. The van der Waals surface area contributed by atoms with Crippen LogP contribution in [0.4, 0.5) is 4.39 Å². The van der Waals surface area contributed by atoms with Crippen LogP contribution in [0.15, 0.2) is 60.7 Å². The van der Waals surface area contributed by atoms with Crippen molar-refractivity contribution in [3.63, 3.8) is 0 Å². The summed E-state index contributed by atoms with van der Waals surface area (Å²) in [6.45, 7) is 0. The first-order valence-electron chi connectivity index (χ1n) is 6.76. The molecule has 0 aliphatic carbocycles. The number of hydrogen-bond donors (Lipinski definition) is 1. The molecular weight excluding hydrogens is 265 g/mol. The maximum absolute atomic E-state index is 13.0. The van der Waals surface area contributed by atoms with E-state index in [9.17, 15) is 4.39 Å². The van der Waals surface area contributed by atoms with Gasteiger partial charge in [-0.1, -0.05) is 30.3 Å². The van der Waals surface area contributed by atoms with Crippen molar-refractivity contribution >= 4 is 10.8 Å². The van der Waals surface area contributed by atoms with E-state index in [1.165, 1.54) is 12.1 Å². The molecule has 0 saturated heterocycles. The largest absolute Gasteiger partial charge is 0.497 e. The van der Waals surface area contributed by atoms with Crippen LogP contribution in [0.25, 0.3) is 10.8 Å². The summed E-state index contributed by atoms with van der Waals surface area (Å²) < 4.78 is 18.2. The molecule has 0 fully saturated rings. The van der Waals surface area contributed by atoms with Crippen LogP contribution in [0.1, 0.15) is 17.2 Å². The summed E-state index contributed by atoms with van der Waals surface area (Å²) in [6, 6.07) is 18.0. The molecule has 21 heavy (non-hydrogen) atoms. The van der Waals surface area contributed by atoms with Crippen LogP contribution in [0, 0.1) is 5.82 Å². The first-order valence-corrected chi connectivity index (χ1v) is 6.76. The molecule has 0 aliphatic heterocycles. The lowest BCUT2D eigenvalue weighted by atomic mass is 9.97. The molecule has 0 aliphatic rings. The molecule has 0 spiro atoms. The summed E-state index contributed by atoms with van der Waals surface area (Å²) in [6.07, 6.45) is 0. The molecule has 3 heteroatoms. The van der Waals surface area contributed by atoms with Gasteiger partial charge in [-0.2, -0.15) is 0 Å². The first kappa shape index (κ1) is 13.6. The fourth-order valence-electron chi connectivity index (χ4n) is 2.43. The van der Waals surface area contributed by atoms with Gasteiger partial charge in [-0.3, -0.25) is 0 Å². The van der Waals surface area contributed by atoms with Gasteiger partial charge < -0.3 is 10.5 Å². The Bertz CT molecular complexity index is 768. The zero-order valence-corrected chi connectivity index (χ0v) is 11.7. The fraction of sp³-hybridized carbons (Fsp3) is 0.111. The van der Waals surface area contributed by atoms with E-state index in [0.717, 1.165) is 27.6 Å². The van der Waals surface area contributed by atoms with Gasteiger partial charge in [0.15, 0.2) is 0 Å². The van der Waals surface area contributed by atoms with Gasteiger partial charge in [-0.15, -0.1) is 0 Å². The van der Waals surface area contributed by atoms with E-state index in [2.05, 4.69) is 6.07 Å². The van der Waals surface area contributed by atoms with E-state index in [0.29, 0.717) is 0 Å². The Morgan fingerprint density at radius 3 is 2.19 bits per heavy atom. The molecule has 1 atom stereocenters. The number of ether oxygens (including phenoxy) is 1. The average Bonchev–Trinajstić information content (AvgIpc) is 2.54. The minimum absolute atomic E-state index is 0.253. The van der Waals surface area contributed by atoms with E-state index < -0.39 is 0 Å². The van der Waals surface area contributed by atoms with Crippen molar-refractivity contribution in [3.8, 4) is 5.75 Å². The quantitative estimate of drug-likeness (QED) is 0.786. The fourth-order valence-corrected chi connectivity index (χ4v) is 2.43. The standard InChI is InChI=1S/C18H16FNO/c1-21-17-9-6-13-10-15(3-2-14(13)11-17)18(20)12-4-7-16(19)8-5-12/h2-11,18H,20H2,1H3. The van der Waals surface area contributed by atoms with Gasteiger partial charge in [0.1, 0.15) is 11.6 Å². The summed E-state index contributed by atoms with van der Waals surface area (Å²) in [5, 5.41) is 2.20. The average molecular weight is 281 g/mol. The van der Waals surface area contributed by atoms with Gasteiger partial charge in [-0.25, -0.2) is 4.39 Å². The highest BCUT2D eigenvalue weighted by Gasteiger charge is 2.09. The molecule has 106 valence electrons.